The molecule has 1 aromatic heterocycles. The van der Waals surface area contributed by atoms with E-state index < -0.39 is 9.84 Å². The normalized spacial score (nSPS) is 12.8. The van der Waals surface area contributed by atoms with Gasteiger partial charge >= 0.3 is 0 Å². The molecule has 16 heavy (non-hydrogen) atoms. The van der Waals surface area contributed by atoms with Crippen LogP contribution in [0.15, 0.2) is 0 Å². The maximum atomic E-state index is 11.1. The van der Waals surface area contributed by atoms with Crippen LogP contribution in [0.1, 0.15) is 26.1 Å². The highest BCUT2D eigenvalue weighted by atomic mass is 32.2. The highest BCUT2D eigenvalue weighted by Crippen LogP contribution is 2.20. The molecule has 1 aromatic rings. The quantitative estimate of drug-likeness (QED) is 0.871. The van der Waals surface area contributed by atoms with Crippen molar-refractivity contribution in [2.45, 2.75) is 32.7 Å². The average Bonchev–Trinajstić information content (AvgIpc) is 2.46. The summed E-state index contributed by atoms with van der Waals surface area (Å²) in [6, 6.07) is 0. The molecule has 5 nitrogen and oxygen atoms in total. The third-order valence-corrected chi connectivity index (χ3v) is 3.74. The molecule has 0 aliphatic carbocycles. The largest absolute Gasteiger partial charge is 0.355 e. The van der Waals surface area contributed by atoms with Gasteiger partial charge < -0.3 is 5.32 Å². The van der Waals surface area contributed by atoms with E-state index in [2.05, 4.69) is 14.7 Å². The predicted molar refractivity (Wildman–Crippen MR) is 66.7 cm³/mol. The summed E-state index contributed by atoms with van der Waals surface area (Å²) in [7, 11) is -2.92. The summed E-state index contributed by atoms with van der Waals surface area (Å²) in [5.74, 6) is 0.900. The summed E-state index contributed by atoms with van der Waals surface area (Å²) in [5, 5.41) is 3.92. The van der Waals surface area contributed by atoms with Crippen LogP contribution < -0.4 is 5.32 Å². The number of sulfone groups is 1. The van der Waals surface area contributed by atoms with Crippen LogP contribution in [0.2, 0.25) is 0 Å². The Balaban J connectivity index is 2.58. The van der Waals surface area contributed by atoms with Crippen LogP contribution in [0.5, 0.6) is 0 Å². The molecule has 0 saturated carbocycles. The van der Waals surface area contributed by atoms with Crippen molar-refractivity contribution < 1.29 is 8.42 Å². The lowest BCUT2D eigenvalue weighted by Gasteiger charge is -2.25. The van der Waals surface area contributed by atoms with Crippen molar-refractivity contribution in [3.05, 3.63) is 5.82 Å². The van der Waals surface area contributed by atoms with Gasteiger partial charge in [-0.1, -0.05) is 0 Å². The van der Waals surface area contributed by atoms with Gasteiger partial charge in [0.2, 0.25) is 5.13 Å². The SMILES string of the molecule is Cc1nsc(NC(C)(C)CCS(C)(=O)=O)n1. The third kappa shape index (κ3) is 4.89. The lowest BCUT2D eigenvalue weighted by molar-refractivity contribution is 0.535. The maximum absolute atomic E-state index is 11.1. The number of aromatic nitrogens is 2. The van der Waals surface area contributed by atoms with E-state index in [0.717, 1.165) is 11.0 Å². The first kappa shape index (κ1) is 13.4. The number of hydrogen-bond acceptors (Lipinski definition) is 6. The Bertz CT molecular complexity index is 451. The number of nitrogens with zero attached hydrogens (tertiary/aromatic N) is 2. The minimum Gasteiger partial charge on any atom is -0.355 e. The van der Waals surface area contributed by atoms with Crippen LogP contribution >= 0.6 is 11.5 Å². The fourth-order valence-corrected chi connectivity index (χ4v) is 2.78. The Hall–Kier alpha value is -0.690. The van der Waals surface area contributed by atoms with Crippen LogP contribution in [-0.4, -0.2) is 35.3 Å². The van der Waals surface area contributed by atoms with Gasteiger partial charge in [0.05, 0.1) is 5.75 Å². The molecule has 0 atom stereocenters. The van der Waals surface area contributed by atoms with Crippen molar-refractivity contribution in [1.29, 1.82) is 0 Å². The minimum absolute atomic E-state index is 0.171. The summed E-state index contributed by atoms with van der Waals surface area (Å²) in [6.07, 6.45) is 1.79. The van der Waals surface area contributed by atoms with E-state index in [1.54, 1.807) is 0 Å². The number of rotatable bonds is 5. The lowest BCUT2D eigenvalue weighted by atomic mass is 10.0. The maximum Gasteiger partial charge on any atom is 0.202 e. The van der Waals surface area contributed by atoms with E-state index in [0.29, 0.717) is 6.42 Å². The molecule has 0 aliphatic heterocycles. The Morgan fingerprint density at radius 1 is 1.44 bits per heavy atom. The van der Waals surface area contributed by atoms with Gasteiger partial charge in [0, 0.05) is 23.3 Å². The highest BCUT2D eigenvalue weighted by Gasteiger charge is 2.21. The molecule has 0 amide bonds. The van der Waals surface area contributed by atoms with Crippen LogP contribution in [0, 0.1) is 6.92 Å². The zero-order chi connectivity index (χ0) is 12.4. The molecule has 0 aliphatic rings. The van der Waals surface area contributed by atoms with Gasteiger partial charge in [-0.05, 0) is 27.2 Å². The Labute approximate surface area is 100 Å². The second kappa shape index (κ2) is 4.67. The Kier molecular flexibility index (Phi) is 3.90. The fraction of sp³-hybridized carbons (Fsp3) is 0.778. The van der Waals surface area contributed by atoms with Crippen LogP contribution in [0.4, 0.5) is 5.13 Å². The second-order valence-corrected chi connectivity index (χ2v) is 7.55. The number of anilines is 1. The van der Waals surface area contributed by atoms with E-state index in [1.807, 2.05) is 20.8 Å². The van der Waals surface area contributed by atoms with Gasteiger partial charge in [0.25, 0.3) is 0 Å². The first-order valence-electron chi connectivity index (χ1n) is 4.94. The molecule has 0 unspecified atom stereocenters. The number of aryl methyl sites for hydroxylation is 1. The van der Waals surface area contributed by atoms with Crippen LogP contribution in [-0.2, 0) is 9.84 Å². The molecule has 1 N–H and O–H groups in total. The van der Waals surface area contributed by atoms with Crippen LogP contribution in [0.3, 0.4) is 0 Å². The minimum atomic E-state index is -2.92. The van der Waals surface area contributed by atoms with E-state index in [9.17, 15) is 8.42 Å². The summed E-state index contributed by atoms with van der Waals surface area (Å²) in [5.41, 5.74) is -0.297. The van der Waals surface area contributed by atoms with Gasteiger partial charge in [0.1, 0.15) is 15.7 Å². The Morgan fingerprint density at radius 2 is 2.06 bits per heavy atom. The first-order chi connectivity index (χ1) is 7.18. The average molecular weight is 263 g/mol. The molecule has 7 heteroatoms. The summed E-state index contributed by atoms with van der Waals surface area (Å²) < 4.78 is 26.2. The number of hydrogen-bond donors (Lipinski definition) is 1. The van der Waals surface area contributed by atoms with Crippen molar-refractivity contribution in [3.63, 3.8) is 0 Å². The first-order valence-corrected chi connectivity index (χ1v) is 7.78. The molecule has 0 spiro atoms. The standard InChI is InChI=1S/C9H17N3O2S2/c1-7-10-8(15-12-7)11-9(2,3)5-6-16(4,13)14/h5-6H2,1-4H3,(H,10,11,12). The Morgan fingerprint density at radius 3 is 2.50 bits per heavy atom. The zero-order valence-electron chi connectivity index (χ0n) is 9.94. The zero-order valence-corrected chi connectivity index (χ0v) is 11.6. The summed E-state index contributed by atoms with van der Waals surface area (Å²) >= 11 is 1.29. The summed E-state index contributed by atoms with van der Waals surface area (Å²) in [6.45, 7) is 5.73. The molecule has 0 bridgehead atoms. The van der Waals surface area contributed by atoms with E-state index in [1.165, 1.54) is 17.8 Å². The molecule has 1 heterocycles. The molecule has 0 radical (unpaired) electrons. The third-order valence-electron chi connectivity index (χ3n) is 2.07. The van der Waals surface area contributed by atoms with E-state index >= 15 is 0 Å². The van der Waals surface area contributed by atoms with Crippen molar-refractivity contribution in [2.24, 2.45) is 0 Å². The molecular formula is C9H17N3O2S2. The monoisotopic (exact) mass is 263 g/mol. The molecule has 0 aromatic carbocycles. The van der Waals surface area contributed by atoms with Crippen molar-refractivity contribution >= 4 is 26.5 Å². The lowest BCUT2D eigenvalue weighted by Crippen LogP contribution is -2.33. The highest BCUT2D eigenvalue weighted by molar-refractivity contribution is 7.90. The van der Waals surface area contributed by atoms with Crippen molar-refractivity contribution in [1.82, 2.24) is 9.36 Å². The number of nitrogens with one attached hydrogen (secondary N) is 1. The van der Waals surface area contributed by atoms with Crippen molar-refractivity contribution in [2.75, 3.05) is 17.3 Å². The van der Waals surface area contributed by atoms with Gasteiger partial charge in [-0.25, -0.2) is 13.4 Å². The molecule has 92 valence electrons. The van der Waals surface area contributed by atoms with Crippen LogP contribution in [0.25, 0.3) is 0 Å². The molecular weight excluding hydrogens is 246 g/mol. The summed E-state index contributed by atoms with van der Waals surface area (Å²) in [4.78, 5) is 4.19. The fourth-order valence-electron chi connectivity index (χ4n) is 1.14. The predicted octanol–water partition coefficient (Wildman–Crippen LogP) is 1.47. The molecule has 0 saturated heterocycles. The molecule has 0 fully saturated rings. The van der Waals surface area contributed by atoms with Gasteiger partial charge in [-0.3, -0.25) is 0 Å². The molecule has 1 rings (SSSR count). The van der Waals surface area contributed by atoms with Crippen molar-refractivity contribution in [3.8, 4) is 0 Å². The van der Waals surface area contributed by atoms with E-state index in [4.69, 9.17) is 0 Å². The van der Waals surface area contributed by atoms with Gasteiger partial charge in [-0.2, -0.15) is 4.37 Å². The van der Waals surface area contributed by atoms with Gasteiger partial charge in [-0.15, -0.1) is 0 Å². The topological polar surface area (TPSA) is 72.0 Å². The van der Waals surface area contributed by atoms with Gasteiger partial charge in [0.15, 0.2) is 0 Å². The second-order valence-electron chi connectivity index (χ2n) is 4.54. The van der Waals surface area contributed by atoms with E-state index in [-0.39, 0.29) is 11.3 Å². The smallest absolute Gasteiger partial charge is 0.202 e.